The number of benzene rings is 1. The molecule has 0 unspecified atom stereocenters. The third-order valence-electron chi connectivity index (χ3n) is 3.37. The molecule has 2 heterocycles. The SMILES string of the molecule is CCOC(=O)c1cnc2c(Cl)c(-c3ccccc3)nn2c1C. The zero-order valence-corrected chi connectivity index (χ0v) is 13.0. The van der Waals surface area contributed by atoms with E-state index in [9.17, 15) is 4.79 Å². The minimum atomic E-state index is -0.415. The molecule has 6 heteroatoms. The molecule has 0 saturated carbocycles. The number of nitrogens with zero attached hydrogens (tertiary/aromatic N) is 3. The highest BCUT2D eigenvalue weighted by Crippen LogP contribution is 2.30. The fraction of sp³-hybridized carbons (Fsp3) is 0.188. The predicted octanol–water partition coefficient (Wildman–Crippen LogP) is 3.53. The highest BCUT2D eigenvalue weighted by atomic mass is 35.5. The molecule has 0 fully saturated rings. The van der Waals surface area contributed by atoms with Gasteiger partial charge in [-0.05, 0) is 13.8 Å². The van der Waals surface area contributed by atoms with Crippen molar-refractivity contribution in [3.8, 4) is 11.3 Å². The van der Waals surface area contributed by atoms with Gasteiger partial charge in [0.2, 0.25) is 0 Å². The minimum absolute atomic E-state index is 0.311. The summed E-state index contributed by atoms with van der Waals surface area (Å²) in [7, 11) is 0. The second kappa shape index (κ2) is 5.77. The van der Waals surface area contributed by atoms with Gasteiger partial charge in [-0.25, -0.2) is 14.3 Å². The smallest absolute Gasteiger partial charge is 0.341 e. The van der Waals surface area contributed by atoms with Crippen molar-refractivity contribution in [1.29, 1.82) is 0 Å². The van der Waals surface area contributed by atoms with Crippen molar-refractivity contribution < 1.29 is 9.53 Å². The average Bonchev–Trinajstić information content (AvgIpc) is 2.87. The summed E-state index contributed by atoms with van der Waals surface area (Å²) < 4.78 is 6.61. The average molecular weight is 316 g/mol. The van der Waals surface area contributed by atoms with Crippen molar-refractivity contribution in [2.24, 2.45) is 0 Å². The zero-order chi connectivity index (χ0) is 15.7. The number of carbonyl (C=O) groups excluding carboxylic acids is 1. The van der Waals surface area contributed by atoms with E-state index in [4.69, 9.17) is 16.3 Å². The summed E-state index contributed by atoms with van der Waals surface area (Å²) in [6.45, 7) is 3.86. The van der Waals surface area contributed by atoms with Crippen LogP contribution >= 0.6 is 11.6 Å². The molecule has 0 aliphatic rings. The molecule has 22 heavy (non-hydrogen) atoms. The summed E-state index contributed by atoms with van der Waals surface area (Å²) >= 11 is 6.39. The van der Waals surface area contributed by atoms with Crippen LogP contribution in [0.15, 0.2) is 36.5 Å². The lowest BCUT2D eigenvalue weighted by atomic mass is 10.1. The van der Waals surface area contributed by atoms with E-state index < -0.39 is 5.97 Å². The van der Waals surface area contributed by atoms with Crippen molar-refractivity contribution >= 4 is 23.2 Å². The van der Waals surface area contributed by atoms with Crippen LogP contribution < -0.4 is 0 Å². The van der Waals surface area contributed by atoms with Gasteiger partial charge in [0.25, 0.3) is 0 Å². The first-order chi connectivity index (χ1) is 10.6. The van der Waals surface area contributed by atoms with E-state index >= 15 is 0 Å². The number of carbonyl (C=O) groups is 1. The lowest BCUT2D eigenvalue weighted by Crippen LogP contribution is -2.11. The van der Waals surface area contributed by atoms with Crippen molar-refractivity contribution in [2.45, 2.75) is 13.8 Å². The first-order valence-corrected chi connectivity index (χ1v) is 7.27. The van der Waals surface area contributed by atoms with E-state index in [2.05, 4.69) is 10.1 Å². The topological polar surface area (TPSA) is 56.5 Å². The van der Waals surface area contributed by atoms with E-state index in [0.717, 1.165) is 5.56 Å². The molecule has 0 spiro atoms. The maximum atomic E-state index is 11.9. The summed E-state index contributed by atoms with van der Waals surface area (Å²) in [6.07, 6.45) is 1.48. The van der Waals surface area contributed by atoms with Crippen LogP contribution in [-0.2, 0) is 4.74 Å². The van der Waals surface area contributed by atoms with Crippen LogP contribution in [0.25, 0.3) is 16.9 Å². The first kappa shape index (κ1) is 14.5. The first-order valence-electron chi connectivity index (χ1n) is 6.89. The Balaban J connectivity index is 2.18. The summed E-state index contributed by atoms with van der Waals surface area (Å²) in [6, 6.07) is 9.61. The molecule has 1 aromatic carbocycles. The minimum Gasteiger partial charge on any atom is -0.462 e. The number of rotatable bonds is 3. The van der Waals surface area contributed by atoms with Gasteiger partial charge in [-0.15, -0.1) is 0 Å². The Morgan fingerprint density at radius 1 is 1.32 bits per heavy atom. The molecule has 0 aliphatic carbocycles. The number of aromatic nitrogens is 3. The molecule has 112 valence electrons. The number of fused-ring (bicyclic) bond motifs is 1. The highest BCUT2D eigenvalue weighted by molar-refractivity contribution is 6.36. The van der Waals surface area contributed by atoms with E-state index in [1.165, 1.54) is 6.20 Å². The van der Waals surface area contributed by atoms with Crippen LogP contribution in [0.1, 0.15) is 23.0 Å². The van der Waals surface area contributed by atoms with Gasteiger partial charge in [-0.1, -0.05) is 41.9 Å². The van der Waals surface area contributed by atoms with Crippen molar-refractivity contribution in [2.75, 3.05) is 6.61 Å². The standard InChI is InChI=1S/C16H14ClN3O2/c1-3-22-16(21)12-9-18-15-13(17)14(19-20(15)10(12)2)11-7-5-4-6-8-11/h4-9H,3H2,1-2H3. The molecule has 3 rings (SSSR count). The van der Waals surface area contributed by atoms with E-state index in [1.54, 1.807) is 18.4 Å². The van der Waals surface area contributed by atoms with Gasteiger partial charge in [0.15, 0.2) is 5.65 Å². The normalized spacial score (nSPS) is 10.9. The highest BCUT2D eigenvalue weighted by Gasteiger charge is 2.19. The predicted molar refractivity (Wildman–Crippen MR) is 84.1 cm³/mol. The molecule has 5 nitrogen and oxygen atoms in total. The number of halogens is 1. The summed E-state index contributed by atoms with van der Waals surface area (Å²) in [5.74, 6) is -0.415. The summed E-state index contributed by atoms with van der Waals surface area (Å²) in [5, 5.41) is 4.96. The van der Waals surface area contributed by atoms with E-state index in [-0.39, 0.29) is 0 Å². The Bertz CT molecular complexity index is 843. The van der Waals surface area contributed by atoms with E-state index in [1.807, 2.05) is 30.3 Å². The molecular formula is C16H14ClN3O2. The van der Waals surface area contributed by atoms with Crippen molar-refractivity contribution in [1.82, 2.24) is 14.6 Å². The van der Waals surface area contributed by atoms with Crippen LogP contribution in [0, 0.1) is 6.92 Å². The van der Waals surface area contributed by atoms with Crippen LogP contribution in [-0.4, -0.2) is 27.2 Å². The molecule has 2 aromatic heterocycles. The fourth-order valence-electron chi connectivity index (χ4n) is 2.26. The maximum absolute atomic E-state index is 11.9. The molecule has 0 radical (unpaired) electrons. The van der Waals surface area contributed by atoms with Gasteiger partial charge < -0.3 is 4.74 Å². The van der Waals surface area contributed by atoms with E-state index in [0.29, 0.717) is 34.2 Å². The number of esters is 1. The van der Waals surface area contributed by atoms with Gasteiger partial charge in [0.1, 0.15) is 10.7 Å². The lowest BCUT2D eigenvalue weighted by molar-refractivity contribution is 0.0524. The summed E-state index contributed by atoms with van der Waals surface area (Å²) in [4.78, 5) is 16.2. The number of aryl methyl sites for hydroxylation is 1. The molecule has 0 atom stereocenters. The van der Waals surface area contributed by atoms with Crippen LogP contribution in [0.2, 0.25) is 5.02 Å². The largest absolute Gasteiger partial charge is 0.462 e. The Labute approximate surface area is 132 Å². The van der Waals surface area contributed by atoms with Crippen LogP contribution in [0.5, 0.6) is 0 Å². The Kier molecular flexibility index (Phi) is 3.81. The van der Waals surface area contributed by atoms with Gasteiger partial charge in [-0.3, -0.25) is 0 Å². The van der Waals surface area contributed by atoms with Crippen molar-refractivity contribution in [3.05, 3.63) is 52.8 Å². The second-order valence-corrected chi connectivity index (χ2v) is 5.12. The summed E-state index contributed by atoms with van der Waals surface area (Å²) in [5.41, 5.74) is 3.08. The quantitative estimate of drug-likeness (QED) is 0.694. The Hall–Kier alpha value is -2.40. The van der Waals surface area contributed by atoms with Crippen LogP contribution in [0.4, 0.5) is 0 Å². The number of hydrogen-bond donors (Lipinski definition) is 0. The fourth-order valence-corrected chi connectivity index (χ4v) is 2.53. The van der Waals surface area contributed by atoms with Gasteiger partial charge in [-0.2, -0.15) is 5.10 Å². The van der Waals surface area contributed by atoms with Crippen LogP contribution in [0.3, 0.4) is 0 Å². The maximum Gasteiger partial charge on any atom is 0.341 e. The molecule has 3 aromatic rings. The third-order valence-corrected chi connectivity index (χ3v) is 3.72. The molecule has 0 saturated heterocycles. The number of hydrogen-bond acceptors (Lipinski definition) is 4. The Morgan fingerprint density at radius 2 is 2.05 bits per heavy atom. The molecule has 0 bridgehead atoms. The third kappa shape index (κ3) is 2.33. The van der Waals surface area contributed by atoms with Gasteiger partial charge in [0.05, 0.1) is 17.9 Å². The molecular weight excluding hydrogens is 302 g/mol. The molecule has 0 N–H and O–H groups in total. The van der Waals surface area contributed by atoms with Gasteiger partial charge in [0, 0.05) is 11.8 Å². The molecule has 0 amide bonds. The Morgan fingerprint density at radius 3 is 2.73 bits per heavy atom. The molecule has 0 aliphatic heterocycles. The zero-order valence-electron chi connectivity index (χ0n) is 12.2. The van der Waals surface area contributed by atoms with Gasteiger partial charge >= 0.3 is 5.97 Å². The second-order valence-electron chi connectivity index (χ2n) is 4.74. The number of ether oxygens (including phenoxy) is 1. The van der Waals surface area contributed by atoms with Crippen molar-refractivity contribution in [3.63, 3.8) is 0 Å². The monoisotopic (exact) mass is 315 g/mol. The lowest BCUT2D eigenvalue weighted by Gasteiger charge is -2.06.